The van der Waals surface area contributed by atoms with Crippen molar-refractivity contribution in [2.75, 3.05) is 5.32 Å². The van der Waals surface area contributed by atoms with Crippen LogP contribution in [0.1, 0.15) is 6.42 Å². The maximum Gasteiger partial charge on any atom is 0.226 e. The molecule has 0 fully saturated rings. The number of hydrogen-bond acceptors (Lipinski definition) is 1. The van der Waals surface area contributed by atoms with Crippen LogP contribution in [0.5, 0.6) is 0 Å². The molecule has 5 heteroatoms. The largest absolute Gasteiger partial charge is 0.347 e. The van der Waals surface area contributed by atoms with Gasteiger partial charge in [0.25, 0.3) is 0 Å². The van der Waals surface area contributed by atoms with Crippen molar-refractivity contribution in [1.29, 1.82) is 0 Å². The molecule has 1 heterocycles. The van der Waals surface area contributed by atoms with Crippen LogP contribution in [0.4, 0.5) is 5.69 Å². The molecule has 0 bridgehead atoms. The normalized spacial score (nSPS) is 10.8. The Bertz CT molecular complexity index is 826. The Kier molecular flexibility index (Phi) is 4.36. The van der Waals surface area contributed by atoms with Crippen LogP contribution >= 0.6 is 23.2 Å². The van der Waals surface area contributed by atoms with Crippen LogP contribution in [0.2, 0.25) is 10.0 Å². The smallest absolute Gasteiger partial charge is 0.226 e. The van der Waals surface area contributed by atoms with E-state index in [2.05, 4.69) is 16.0 Å². The van der Waals surface area contributed by atoms with Crippen LogP contribution in [-0.4, -0.2) is 10.5 Å². The van der Waals surface area contributed by atoms with E-state index in [0.29, 0.717) is 28.7 Å². The van der Waals surface area contributed by atoms with Crippen LogP contribution in [0.3, 0.4) is 0 Å². The van der Waals surface area contributed by atoms with E-state index in [-0.39, 0.29) is 5.91 Å². The molecule has 0 saturated carbocycles. The standard InChI is InChI=1S/C17H14Cl2N2O/c18-13-5-3-6-14(17(13)19)20-16(22)9-11-21-10-8-12-4-1-2-7-15(12)21/h1-8,10H,9,11H2,(H,20,22). The van der Waals surface area contributed by atoms with E-state index in [0.717, 1.165) is 5.52 Å². The molecule has 0 radical (unpaired) electrons. The summed E-state index contributed by atoms with van der Waals surface area (Å²) in [6, 6.07) is 15.3. The number of aryl methyl sites for hydroxylation is 1. The number of carbonyl (C=O) groups excluding carboxylic acids is 1. The van der Waals surface area contributed by atoms with Crippen LogP contribution in [0.25, 0.3) is 10.9 Å². The minimum absolute atomic E-state index is 0.0954. The molecule has 0 aliphatic rings. The number of para-hydroxylation sites is 1. The van der Waals surface area contributed by atoms with Gasteiger partial charge in [0, 0.05) is 24.7 Å². The molecule has 0 aliphatic heterocycles. The van der Waals surface area contributed by atoms with E-state index < -0.39 is 0 Å². The predicted octanol–water partition coefficient (Wildman–Crippen LogP) is 4.98. The number of nitrogens with one attached hydrogen (secondary N) is 1. The van der Waals surface area contributed by atoms with Crippen LogP contribution < -0.4 is 5.32 Å². The summed E-state index contributed by atoms with van der Waals surface area (Å²) < 4.78 is 2.06. The molecular formula is C17H14Cl2N2O. The van der Waals surface area contributed by atoms with Gasteiger partial charge >= 0.3 is 0 Å². The summed E-state index contributed by atoms with van der Waals surface area (Å²) in [5.74, 6) is -0.0954. The first kappa shape index (κ1) is 14.9. The zero-order valence-corrected chi connectivity index (χ0v) is 13.2. The molecule has 112 valence electrons. The number of fused-ring (bicyclic) bond motifs is 1. The number of amides is 1. The van der Waals surface area contributed by atoms with E-state index in [1.165, 1.54) is 5.39 Å². The molecule has 0 saturated heterocycles. The highest BCUT2D eigenvalue weighted by atomic mass is 35.5. The average molecular weight is 333 g/mol. The summed E-state index contributed by atoms with van der Waals surface area (Å²) in [7, 11) is 0. The first-order valence-electron chi connectivity index (χ1n) is 6.93. The van der Waals surface area contributed by atoms with Gasteiger partial charge in [-0.05, 0) is 29.7 Å². The van der Waals surface area contributed by atoms with Crippen molar-refractivity contribution >= 4 is 45.7 Å². The third kappa shape index (κ3) is 3.11. The van der Waals surface area contributed by atoms with Crippen molar-refractivity contribution in [3.8, 4) is 0 Å². The number of anilines is 1. The van der Waals surface area contributed by atoms with Crippen molar-refractivity contribution in [1.82, 2.24) is 4.57 Å². The Morgan fingerprint density at radius 2 is 1.86 bits per heavy atom. The number of hydrogen-bond donors (Lipinski definition) is 1. The van der Waals surface area contributed by atoms with E-state index >= 15 is 0 Å². The van der Waals surface area contributed by atoms with Gasteiger partial charge in [0.15, 0.2) is 0 Å². The summed E-state index contributed by atoms with van der Waals surface area (Å²) in [6.45, 7) is 0.609. The maximum atomic E-state index is 12.1. The topological polar surface area (TPSA) is 34.0 Å². The van der Waals surface area contributed by atoms with Crippen LogP contribution in [-0.2, 0) is 11.3 Å². The van der Waals surface area contributed by atoms with E-state index in [4.69, 9.17) is 23.2 Å². The Morgan fingerprint density at radius 3 is 2.73 bits per heavy atom. The lowest BCUT2D eigenvalue weighted by Crippen LogP contribution is -2.14. The lowest BCUT2D eigenvalue weighted by atomic mass is 10.2. The summed E-state index contributed by atoms with van der Waals surface area (Å²) in [5.41, 5.74) is 1.66. The second kappa shape index (κ2) is 6.42. The summed E-state index contributed by atoms with van der Waals surface area (Å²) >= 11 is 12.0. The SMILES string of the molecule is O=C(CCn1ccc2ccccc21)Nc1cccc(Cl)c1Cl. The second-order valence-corrected chi connectivity index (χ2v) is 5.75. The minimum Gasteiger partial charge on any atom is -0.347 e. The van der Waals surface area contributed by atoms with Gasteiger partial charge in [0.2, 0.25) is 5.91 Å². The maximum absolute atomic E-state index is 12.1. The molecule has 1 N–H and O–H groups in total. The van der Waals surface area contributed by atoms with Crippen LogP contribution in [0.15, 0.2) is 54.7 Å². The number of nitrogens with zero attached hydrogens (tertiary/aromatic N) is 1. The molecule has 3 nitrogen and oxygen atoms in total. The number of aromatic nitrogens is 1. The summed E-state index contributed by atoms with van der Waals surface area (Å²) in [5, 5.41) is 4.75. The van der Waals surface area contributed by atoms with Gasteiger partial charge in [0.05, 0.1) is 15.7 Å². The molecule has 2 aromatic carbocycles. The predicted molar refractivity (Wildman–Crippen MR) is 91.6 cm³/mol. The summed E-state index contributed by atoms with van der Waals surface area (Å²) in [6.07, 6.45) is 2.35. The Balaban J connectivity index is 1.66. The van der Waals surface area contributed by atoms with Crippen molar-refractivity contribution in [3.05, 3.63) is 64.8 Å². The van der Waals surface area contributed by atoms with Gasteiger partial charge in [-0.25, -0.2) is 0 Å². The van der Waals surface area contributed by atoms with Crippen molar-refractivity contribution < 1.29 is 4.79 Å². The molecule has 0 spiro atoms. The van der Waals surface area contributed by atoms with E-state index in [9.17, 15) is 4.79 Å². The first-order valence-corrected chi connectivity index (χ1v) is 7.68. The Hall–Kier alpha value is -1.97. The van der Waals surface area contributed by atoms with Crippen LogP contribution in [0, 0.1) is 0 Å². The Morgan fingerprint density at radius 1 is 1.05 bits per heavy atom. The summed E-state index contributed by atoms with van der Waals surface area (Å²) in [4.78, 5) is 12.1. The number of carbonyl (C=O) groups is 1. The lowest BCUT2D eigenvalue weighted by molar-refractivity contribution is -0.116. The highest BCUT2D eigenvalue weighted by Crippen LogP contribution is 2.29. The molecule has 1 aromatic heterocycles. The highest BCUT2D eigenvalue weighted by Gasteiger charge is 2.09. The van der Waals surface area contributed by atoms with Gasteiger partial charge in [-0.15, -0.1) is 0 Å². The Labute approximate surface area is 138 Å². The van der Waals surface area contributed by atoms with Crippen molar-refractivity contribution in [2.24, 2.45) is 0 Å². The molecule has 0 unspecified atom stereocenters. The highest BCUT2D eigenvalue weighted by molar-refractivity contribution is 6.43. The molecule has 3 rings (SSSR count). The van der Waals surface area contributed by atoms with Gasteiger partial charge < -0.3 is 9.88 Å². The van der Waals surface area contributed by atoms with Crippen molar-refractivity contribution in [3.63, 3.8) is 0 Å². The third-order valence-electron chi connectivity index (χ3n) is 3.49. The molecule has 3 aromatic rings. The van der Waals surface area contributed by atoms with E-state index in [1.54, 1.807) is 18.2 Å². The monoisotopic (exact) mass is 332 g/mol. The zero-order valence-electron chi connectivity index (χ0n) is 11.7. The average Bonchev–Trinajstić information content (AvgIpc) is 2.93. The number of halogens is 2. The van der Waals surface area contributed by atoms with Gasteiger partial charge in [-0.3, -0.25) is 4.79 Å². The zero-order chi connectivity index (χ0) is 15.5. The molecule has 22 heavy (non-hydrogen) atoms. The minimum atomic E-state index is -0.0954. The fraction of sp³-hybridized carbons (Fsp3) is 0.118. The molecule has 0 aliphatic carbocycles. The van der Waals surface area contributed by atoms with Gasteiger partial charge in [-0.2, -0.15) is 0 Å². The first-order chi connectivity index (χ1) is 10.6. The fourth-order valence-corrected chi connectivity index (χ4v) is 2.72. The number of rotatable bonds is 4. The van der Waals surface area contributed by atoms with E-state index in [1.807, 2.05) is 30.5 Å². The van der Waals surface area contributed by atoms with Gasteiger partial charge in [0.1, 0.15) is 0 Å². The number of benzene rings is 2. The van der Waals surface area contributed by atoms with Gasteiger partial charge in [-0.1, -0.05) is 47.5 Å². The van der Waals surface area contributed by atoms with Crippen molar-refractivity contribution in [2.45, 2.75) is 13.0 Å². The quantitative estimate of drug-likeness (QED) is 0.718. The fourth-order valence-electron chi connectivity index (χ4n) is 2.37. The second-order valence-electron chi connectivity index (χ2n) is 4.97. The third-order valence-corrected chi connectivity index (χ3v) is 4.30. The molecule has 1 amide bonds. The molecule has 0 atom stereocenters. The molecular weight excluding hydrogens is 319 g/mol. The lowest BCUT2D eigenvalue weighted by Gasteiger charge is -2.09.